The summed E-state index contributed by atoms with van der Waals surface area (Å²) in [6, 6.07) is 23.1. The van der Waals surface area contributed by atoms with E-state index in [1.165, 1.54) is 29.2 Å². The molecule has 3 aromatic carbocycles. The van der Waals surface area contributed by atoms with Crippen LogP contribution in [0.25, 0.3) is 0 Å². The molecule has 1 N–H and O–H groups in total. The van der Waals surface area contributed by atoms with Crippen molar-refractivity contribution in [2.75, 3.05) is 16.8 Å². The summed E-state index contributed by atoms with van der Waals surface area (Å²) >= 11 is 1.64. The Morgan fingerprint density at radius 3 is 2.45 bits per heavy atom. The molecule has 4 rings (SSSR count). The lowest BCUT2D eigenvalue weighted by Crippen LogP contribution is -2.38. The molecule has 1 heterocycles. The summed E-state index contributed by atoms with van der Waals surface area (Å²) in [5.41, 5.74) is 2.30. The minimum Gasteiger partial charge on any atom is -0.325 e. The third kappa shape index (κ3) is 4.49. The third-order valence-corrected chi connectivity index (χ3v) is 6.01. The first kappa shape index (κ1) is 19.2. The first-order valence-corrected chi connectivity index (χ1v) is 10.1. The Morgan fingerprint density at radius 1 is 1.00 bits per heavy atom. The molecule has 4 nitrogen and oxygen atoms in total. The number of para-hydroxylation sites is 1. The van der Waals surface area contributed by atoms with Crippen molar-refractivity contribution in [2.45, 2.75) is 16.6 Å². The van der Waals surface area contributed by atoms with E-state index in [9.17, 15) is 14.0 Å². The number of hydrogen-bond donors (Lipinski definition) is 1. The van der Waals surface area contributed by atoms with Crippen molar-refractivity contribution in [3.8, 4) is 0 Å². The SMILES string of the molecule is O=C(CN1C(=O)C[C@@H](c2ccccc2)Sc2ccccc21)Nc1ccc(F)cc1. The molecule has 0 spiro atoms. The van der Waals surface area contributed by atoms with E-state index in [0.29, 0.717) is 12.1 Å². The molecule has 0 radical (unpaired) electrons. The zero-order chi connectivity index (χ0) is 20.2. The molecule has 2 amide bonds. The maximum atomic E-state index is 13.1. The molecule has 1 aliphatic rings. The van der Waals surface area contributed by atoms with Gasteiger partial charge < -0.3 is 10.2 Å². The number of nitrogens with one attached hydrogen (secondary N) is 1. The lowest BCUT2D eigenvalue weighted by molar-refractivity contribution is -0.121. The first-order valence-electron chi connectivity index (χ1n) is 9.26. The van der Waals surface area contributed by atoms with Gasteiger partial charge in [0.25, 0.3) is 0 Å². The van der Waals surface area contributed by atoms with Crippen molar-refractivity contribution >= 4 is 35.0 Å². The van der Waals surface area contributed by atoms with Gasteiger partial charge in [-0.15, -0.1) is 11.8 Å². The highest BCUT2D eigenvalue weighted by molar-refractivity contribution is 7.99. The Balaban J connectivity index is 1.57. The number of fused-ring (bicyclic) bond motifs is 1. The Hall–Kier alpha value is -3.12. The van der Waals surface area contributed by atoms with Gasteiger partial charge in [-0.1, -0.05) is 42.5 Å². The molecule has 0 unspecified atom stereocenters. The van der Waals surface area contributed by atoms with Gasteiger partial charge in [-0.2, -0.15) is 0 Å². The predicted molar refractivity (Wildman–Crippen MR) is 113 cm³/mol. The zero-order valence-corrected chi connectivity index (χ0v) is 16.4. The number of nitrogens with zero attached hydrogens (tertiary/aromatic N) is 1. The predicted octanol–water partition coefficient (Wildman–Crippen LogP) is 5.03. The molecule has 0 fully saturated rings. The molecule has 0 aliphatic carbocycles. The lowest BCUT2D eigenvalue weighted by Gasteiger charge is -2.22. The van der Waals surface area contributed by atoms with Crippen LogP contribution >= 0.6 is 11.8 Å². The number of anilines is 2. The highest BCUT2D eigenvalue weighted by Gasteiger charge is 2.30. The van der Waals surface area contributed by atoms with E-state index in [2.05, 4.69) is 5.32 Å². The molecule has 3 aromatic rings. The van der Waals surface area contributed by atoms with Crippen molar-refractivity contribution in [3.05, 3.63) is 90.2 Å². The highest BCUT2D eigenvalue weighted by Crippen LogP contribution is 2.45. The van der Waals surface area contributed by atoms with Gasteiger partial charge in [-0.05, 0) is 42.0 Å². The minimum absolute atomic E-state index is 0.0185. The summed E-state index contributed by atoms with van der Waals surface area (Å²) in [5.74, 6) is -0.808. The van der Waals surface area contributed by atoms with Crippen LogP contribution in [-0.4, -0.2) is 18.4 Å². The van der Waals surface area contributed by atoms with E-state index < -0.39 is 0 Å². The van der Waals surface area contributed by atoms with Gasteiger partial charge in [-0.25, -0.2) is 4.39 Å². The van der Waals surface area contributed by atoms with Crippen molar-refractivity contribution in [2.24, 2.45) is 0 Å². The van der Waals surface area contributed by atoms with Gasteiger partial charge in [0, 0.05) is 22.3 Å². The Kier molecular flexibility index (Phi) is 5.62. The standard InChI is InChI=1S/C23H19FN2O2S/c24-17-10-12-18(13-11-17)25-22(27)15-26-19-8-4-5-9-20(19)29-21(14-23(26)28)16-6-2-1-3-7-16/h1-13,21H,14-15H2,(H,25,27)/t21-/m0/s1. The van der Waals surface area contributed by atoms with Crippen LogP contribution < -0.4 is 10.2 Å². The molecule has 1 aliphatic heterocycles. The van der Waals surface area contributed by atoms with Crippen LogP contribution in [0.15, 0.2) is 83.8 Å². The topological polar surface area (TPSA) is 49.4 Å². The van der Waals surface area contributed by atoms with Crippen molar-refractivity contribution in [1.29, 1.82) is 0 Å². The maximum absolute atomic E-state index is 13.1. The highest BCUT2D eigenvalue weighted by atomic mass is 32.2. The van der Waals surface area contributed by atoms with Crippen molar-refractivity contribution in [3.63, 3.8) is 0 Å². The number of benzene rings is 3. The second-order valence-electron chi connectivity index (χ2n) is 6.72. The quantitative estimate of drug-likeness (QED) is 0.661. The maximum Gasteiger partial charge on any atom is 0.244 e. The molecule has 0 aromatic heterocycles. The molecule has 1 atom stereocenters. The average Bonchev–Trinajstić information content (AvgIpc) is 2.87. The number of carbonyl (C=O) groups is 2. The van der Waals surface area contributed by atoms with Gasteiger partial charge in [-0.3, -0.25) is 9.59 Å². The number of halogens is 1. The van der Waals surface area contributed by atoms with Crippen LogP contribution in [0.3, 0.4) is 0 Å². The van der Waals surface area contributed by atoms with Gasteiger partial charge in [0.05, 0.1) is 5.69 Å². The van der Waals surface area contributed by atoms with E-state index in [1.807, 2.05) is 54.6 Å². The van der Waals surface area contributed by atoms with Crippen LogP contribution in [-0.2, 0) is 9.59 Å². The minimum atomic E-state index is -0.372. The van der Waals surface area contributed by atoms with Crippen molar-refractivity contribution in [1.82, 2.24) is 0 Å². The van der Waals surface area contributed by atoms with Gasteiger partial charge in [0.15, 0.2) is 0 Å². The Morgan fingerprint density at radius 2 is 1.69 bits per heavy atom. The van der Waals surface area contributed by atoms with E-state index in [0.717, 1.165) is 16.1 Å². The second kappa shape index (κ2) is 8.49. The molecule has 6 heteroatoms. The van der Waals surface area contributed by atoms with Crippen LogP contribution in [0.2, 0.25) is 0 Å². The first-order chi connectivity index (χ1) is 14.1. The Bertz CT molecular complexity index is 1020. The third-order valence-electron chi connectivity index (χ3n) is 4.69. The molecule has 0 saturated carbocycles. The fourth-order valence-corrected chi connectivity index (χ4v) is 4.56. The summed E-state index contributed by atoms with van der Waals surface area (Å²) in [6.07, 6.45) is 0.299. The smallest absolute Gasteiger partial charge is 0.244 e. The fraction of sp³-hybridized carbons (Fsp3) is 0.130. The summed E-state index contributed by atoms with van der Waals surface area (Å²) in [6.45, 7) is -0.102. The van der Waals surface area contributed by atoms with Crippen LogP contribution in [0, 0.1) is 5.82 Å². The van der Waals surface area contributed by atoms with E-state index in [-0.39, 0.29) is 29.4 Å². The van der Waals surface area contributed by atoms with Crippen molar-refractivity contribution < 1.29 is 14.0 Å². The second-order valence-corrected chi connectivity index (χ2v) is 7.97. The van der Waals surface area contributed by atoms with Gasteiger partial charge in [0.2, 0.25) is 11.8 Å². The van der Waals surface area contributed by atoms with Crippen LogP contribution in [0.5, 0.6) is 0 Å². The number of rotatable bonds is 4. The zero-order valence-electron chi connectivity index (χ0n) is 15.5. The number of amides is 2. The summed E-state index contributed by atoms with van der Waals surface area (Å²) in [7, 11) is 0. The number of thioether (sulfide) groups is 1. The van der Waals surface area contributed by atoms with E-state index >= 15 is 0 Å². The summed E-state index contributed by atoms with van der Waals surface area (Å²) < 4.78 is 13.1. The molecule has 146 valence electrons. The monoisotopic (exact) mass is 406 g/mol. The Labute approximate surface area is 172 Å². The lowest BCUT2D eigenvalue weighted by atomic mass is 10.1. The van der Waals surface area contributed by atoms with Crippen LogP contribution in [0.1, 0.15) is 17.2 Å². The normalized spacial score (nSPS) is 16.1. The molecule has 0 saturated heterocycles. The number of hydrogen-bond acceptors (Lipinski definition) is 3. The van der Waals surface area contributed by atoms with E-state index in [4.69, 9.17) is 0 Å². The molecular formula is C23H19FN2O2S. The van der Waals surface area contributed by atoms with E-state index in [1.54, 1.807) is 11.8 Å². The van der Waals surface area contributed by atoms with Gasteiger partial charge in [0.1, 0.15) is 12.4 Å². The molecular weight excluding hydrogens is 387 g/mol. The molecule has 29 heavy (non-hydrogen) atoms. The fourth-order valence-electron chi connectivity index (χ4n) is 3.28. The summed E-state index contributed by atoms with van der Waals surface area (Å²) in [5, 5.41) is 2.71. The number of carbonyl (C=O) groups excluding carboxylic acids is 2. The van der Waals surface area contributed by atoms with Crippen LogP contribution in [0.4, 0.5) is 15.8 Å². The summed E-state index contributed by atoms with van der Waals surface area (Å²) in [4.78, 5) is 28.1. The van der Waals surface area contributed by atoms with Gasteiger partial charge >= 0.3 is 0 Å². The molecule has 0 bridgehead atoms. The largest absolute Gasteiger partial charge is 0.325 e. The average molecular weight is 406 g/mol.